The van der Waals surface area contributed by atoms with Crippen LogP contribution in [0.15, 0.2) is 35.1 Å². The lowest BCUT2D eigenvalue weighted by Gasteiger charge is -2.61. The maximum atomic E-state index is 14.0. The van der Waals surface area contributed by atoms with Gasteiger partial charge in [0.05, 0.1) is 11.0 Å². The van der Waals surface area contributed by atoms with E-state index < -0.39 is 0 Å². The zero-order valence-electron chi connectivity index (χ0n) is 18.2. The largest absolute Gasteiger partial charge is 0.340 e. The maximum Gasteiger partial charge on any atom is 0.242 e. The first-order valence-corrected chi connectivity index (χ1v) is 12.9. The van der Waals surface area contributed by atoms with Crippen LogP contribution in [-0.2, 0) is 16.9 Å². The van der Waals surface area contributed by atoms with Crippen molar-refractivity contribution in [1.82, 2.24) is 24.6 Å². The summed E-state index contributed by atoms with van der Waals surface area (Å²) in [6.07, 6.45) is 8.25. The number of hydrogen-bond acceptors (Lipinski definition) is 4. The smallest absolute Gasteiger partial charge is 0.242 e. The SMILES string of the molecule is O=C(N1CCN(Cc2ccccc2Br)CC1)C12CC3CC(C1)CC(n1cnc(Cl)n1)(C3)C2. The van der Waals surface area contributed by atoms with E-state index >= 15 is 0 Å². The van der Waals surface area contributed by atoms with Crippen molar-refractivity contribution in [3.05, 3.63) is 45.9 Å². The van der Waals surface area contributed by atoms with Gasteiger partial charge < -0.3 is 4.90 Å². The van der Waals surface area contributed by atoms with Gasteiger partial charge in [0.25, 0.3) is 0 Å². The highest BCUT2D eigenvalue weighted by Crippen LogP contribution is 2.64. The summed E-state index contributed by atoms with van der Waals surface area (Å²) < 4.78 is 3.16. The third kappa shape index (κ3) is 3.51. The lowest BCUT2D eigenvalue weighted by atomic mass is 9.46. The van der Waals surface area contributed by atoms with E-state index in [1.807, 2.05) is 4.68 Å². The first kappa shape index (κ1) is 21.1. The number of nitrogens with zero attached hydrogens (tertiary/aromatic N) is 5. The number of carbonyl (C=O) groups excluding carboxylic acids is 1. The molecule has 4 aliphatic carbocycles. The summed E-state index contributed by atoms with van der Waals surface area (Å²) in [5.74, 6) is 1.61. The number of rotatable bonds is 4. The zero-order valence-corrected chi connectivity index (χ0v) is 20.6. The third-order valence-corrected chi connectivity index (χ3v) is 9.39. The number of carbonyl (C=O) groups is 1. The molecule has 2 aromatic rings. The summed E-state index contributed by atoms with van der Waals surface area (Å²) in [5.41, 5.74) is 0.996. The molecule has 4 saturated carbocycles. The Morgan fingerprint density at radius 3 is 2.47 bits per heavy atom. The average molecular weight is 519 g/mol. The van der Waals surface area contributed by atoms with E-state index in [9.17, 15) is 4.79 Å². The van der Waals surface area contributed by atoms with Crippen LogP contribution in [-0.4, -0.2) is 56.7 Å². The van der Waals surface area contributed by atoms with E-state index in [1.54, 1.807) is 6.33 Å². The molecule has 1 saturated heterocycles. The number of piperazine rings is 1. The molecule has 1 amide bonds. The van der Waals surface area contributed by atoms with E-state index in [0.29, 0.717) is 23.0 Å². The van der Waals surface area contributed by atoms with Crippen LogP contribution in [0.5, 0.6) is 0 Å². The van der Waals surface area contributed by atoms with Crippen LogP contribution in [0.4, 0.5) is 0 Å². The van der Waals surface area contributed by atoms with Crippen LogP contribution in [0, 0.1) is 17.3 Å². The minimum atomic E-state index is -0.229. The predicted octanol–water partition coefficient (Wildman–Crippen LogP) is 4.33. The van der Waals surface area contributed by atoms with Crippen molar-refractivity contribution in [2.45, 2.75) is 50.6 Å². The zero-order chi connectivity index (χ0) is 21.9. The van der Waals surface area contributed by atoms with Crippen molar-refractivity contribution in [3.63, 3.8) is 0 Å². The van der Waals surface area contributed by atoms with Crippen molar-refractivity contribution in [2.24, 2.45) is 17.3 Å². The molecule has 2 atom stereocenters. The quantitative estimate of drug-likeness (QED) is 0.604. The minimum Gasteiger partial charge on any atom is -0.340 e. The summed E-state index contributed by atoms with van der Waals surface area (Å²) in [6.45, 7) is 4.43. The molecule has 32 heavy (non-hydrogen) atoms. The lowest BCUT2D eigenvalue weighted by Crippen LogP contribution is -2.62. The molecule has 8 heteroatoms. The van der Waals surface area contributed by atoms with Gasteiger partial charge in [-0.05, 0) is 73.6 Å². The number of benzene rings is 1. The van der Waals surface area contributed by atoms with Gasteiger partial charge >= 0.3 is 0 Å². The van der Waals surface area contributed by atoms with E-state index in [4.69, 9.17) is 11.6 Å². The van der Waals surface area contributed by atoms with Gasteiger partial charge in [-0.3, -0.25) is 9.69 Å². The Hall–Kier alpha value is -1.44. The molecule has 4 bridgehead atoms. The van der Waals surface area contributed by atoms with E-state index in [2.05, 4.69) is 60.1 Å². The number of hydrogen-bond donors (Lipinski definition) is 0. The first-order valence-electron chi connectivity index (χ1n) is 11.8. The van der Waals surface area contributed by atoms with E-state index in [-0.39, 0.29) is 11.0 Å². The summed E-state index contributed by atoms with van der Waals surface area (Å²) in [4.78, 5) is 22.8. The maximum absolute atomic E-state index is 14.0. The fourth-order valence-electron chi connectivity index (χ4n) is 7.52. The normalized spacial score (nSPS) is 34.2. The number of amides is 1. The molecule has 1 aliphatic heterocycles. The van der Waals surface area contributed by atoms with Gasteiger partial charge in [0, 0.05) is 37.2 Å². The Morgan fingerprint density at radius 2 is 1.81 bits per heavy atom. The van der Waals surface area contributed by atoms with Crippen LogP contribution in [0.25, 0.3) is 0 Å². The Kier molecular flexibility index (Phi) is 5.15. The second-order valence-electron chi connectivity index (χ2n) is 10.6. The van der Waals surface area contributed by atoms with Gasteiger partial charge in [-0.25, -0.2) is 9.67 Å². The molecule has 5 fully saturated rings. The highest BCUT2D eigenvalue weighted by atomic mass is 79.9. The fourth-order valence-corrected chi connectivity index (χ4v) is 8.05. The summed E-state index contributed by atoms with van der Waals surface area (Å²) in [6, 6.07) is 8.41. The van der Waals surface area contributed by atoms with Crippen LogP contribution < -0.4 is 0 Å². The fraction of sp³-hybridized carbons (Fsp3) is 0.625. The molecule has 0 spiro atoms. The van der Waals surface area contributed by atoms with Crippen LogP contribution in [0.2, 0.25) is 5.28 Å². The Morgan fingerprint density at radius 1 is 1.09 bits per heavy atom. The minimum absolute atomic E-state index is 0.0821. The van der Waals surface area contributed by atoms with Crippen molar-refractivity contribution >= 4 is 33.4 Å². The predicted molar refractivity (Wildman–Crippen MR) is 126 cm³/mol. The lowest BCUT2D eigenvalue weighted by molar-refractivity contribution is -0.168. The molecule has 5 aliphatic rings. The highest BCUT2D eigenvalue weighted by Gasteiger charge is 2.62. The highest BCUT2D eigenvalue weighted by molar-refractivity contribution is 9.10. The number of aromatic nitrogens is 3. The van der Waals surface area contributed by atoms with E-state index in [1.165, 1.54) is 12.0 Å². The second-order valence-corrected chi connectivity index (χ2v) is 11.8. The summed E-state index contributed by atoms with van der Waals surface area (Å²) >= 11 is 9.74. The van der Waals surface area contributed by atoms with E-state index in [0.717, 1.165) is 69.3 Å². The van der Waals surface area contributed by atoms with Gasteiger partial charge in [0.15, 0.2) is 0 Å². The van der Waals surface area contributed by atoms with Gasteiger partial charge in [0.2, 0.25) is 11.2 Å². The monoisotopic (exact) mass is 517 g/mol. The average Bonchev–Trinajstić information content (AvgIpc) is 3.22. The molecule has 0 radical (unpaired) electrons. The van der Waals surface area contributed by atoms with Gasteiger partial charge in [-0.15, -0.1) is 5.10 Å². The van der Waals surface area contributed by atoms with Crippen molar-refractivity contribution in [1.29, 1.82) is 0 Å². The van der Waals surface area contributed by atoms with Gasteiger partial charge in [-0.1, -0.05) is 34.1 Å². The third-order valence-electron chi connectivity index (χ3n) is 8.45. The Bertz CT molecular complexity index is 1020. The molecule has 6 nitrogen and oxygen atoms in total. The second kappa shape index (κ2) is 7.81. The van der Waals surface area contributed by atoms with Crippen molar-refractivity contribution in [3.8, 4) is 0 Å². The molecule has 170 valence electrons. The summed E-state index contributed by atoms with van der Waals surface area (Å²) in [5, 5.41) is 4.80. The standard InChI is InChI=1S/C24H29BrClN5O/c25-20-4-2-1-3-19(20)14-29-5-7-30(8-6-29)21(32)23-10-17-9-18(11-23)13-24(12-17,15-23)31-16-27-22(26)28-31/h1-4,16-18H,5-15H2. The Balaban J connectivity index is 1.17. The molecule has 2 unspecified atom stereocenters. The molecule has 1 aromatic heterocycles. The molecule has 1 aromatic carbocycles. The van der Waals surface area contributed by atoms with Crippen LogP contribution in [0.3, 0.4) is 0 Å². The first-order chi connectivity index (χ1) is 15.4. The molecule has 0 N–H and O–H groups in total. The van der Waals surface area contributed by atoms with Crippen LogP contribution >= 0.6 is 27.5 Å². The summed E-state index contributed by atoms with van der Waals surface area (Å²) in [7, 11) is 0. The molecular formula is C24H29BrClN5O. The van der Waals surface area contributed by atoms with Crippen molar-refractivity contribution in [2.75, 3.05) is 26.2 Å². The molecular weight excluding hydrogens is 490 g/mol. The number of halogens is 2. The van der Waals surface area contributed by atoms with Gasteiger partial charge in [-0.2, -0.15) is 0 Å². The topological polar surface area (TPSA) is 54.3 Å². The molecule has 7 rings (SSSR count). The molecule has 2 heterocycles. The van der Waals surface area contributed by atoms with Gasteiger partial charge in [0.1, 0.15) is 6.33 Å². The van der Waals surface area contributed by atoms with Crippen LogP contribution in [0.1, 0.15) is 44.1 Å². The Labute approximate surface area is 202 Å². The van der Waals surface area contributed by atoms with Crippen molar-refractivity contribution < 1.29 is 4.79 Å².